The van der Waals surface area contributed by atoms with Gasteiger partial charge in [0.2, 0.25) is 0 Å². The van der Waals surface area contributed by atoms with Crippen LogP contribution in [0, 0.1) is 18.3 Å². The van der Waals surface area contributed by atoms with Crippen LogP contribution in [-0.2, 0) is 4.74 Å². The maximum absolute atomic E-state index is 5.45. The van der Waals surface area contributed by atoms with Gasteiger partial charge in [-0.2, -0.15) is 0 Å². The summed E-state index contributed by atoms with van der Waals surface area (Å²) in [6, 6.07) is 0. The summed E-state index contributed by atoms with van der Waals surface area (Å²) in [6.07, 6.45) is 14.1. The Morgan fingerprint density at radius 3 is 3.12 bits per heavy atom. The zero-order chi connectivity index (χ0) is 11.2. The van der Waals surface area contributed by atoms with Gasteiger partial charge in [-0.25, -0.2) is 0 Å². The molecule has 1 atom stereocenters. The Morgan fingerprint density at radius 1 is 1.44 bits per heavy atom. The molecule has 2 rings (SSSR count). The molecular weight excluding hydrogens is 198 g/mol. The molecule has 86 valence electrons. The Hall–Kier alpha value is -1.04. The highest BCUT2D eigenvalue weighted by Crippen LogP contribution is 2.17. The summed E-state index contributed by atoms with van der Waals surface area (Å²) in [6.45, 7) is 5.15. The summed E-state index contributed by atoms with van der Waals surface area (Å²) in [7, 11) is 0. The summed E-state index contributed by atoms with van der Waals surface area (Å²) < 4.78 is 5.45. The number of hydrogen-bond acceptors (Lipinski definition) is 2. The Morgan fingerprint density at radius 2 is 2.38 bits per heavy atom. The molecule has 1 fully saturated rings. The smallest absolute Gasteiger partial charge is 0.0593 e. The van der Waals surface area contributed by atoms with Gasteiger partial charge in [-0.3, -0.25) is 0 Å². The van der Waals surface area contributed by atoms with Crippen LogP contribution in [0.4, 0.5) is 0 Å². The van der Waals surface area contributed by atoms with E-state index in [0.29, 0.717) is 5.92 Å². The van der Waals surface area contributed by atoms with Crippen molar-refractivity contribution in [2.45, 2.75) is 12.8 Å². The first kappa shape index (κ1) is 11.4. The summed E-state index contributed by atoms with van der Waals surface area (Å²) >= 11 is 0. The van der Waals surface area contributed by atoms with Crippen molar-refractivity contribution in [2.75, 3.05) is 32.8 Å². The van der Waals surface area contributed by atoms with Gasteiger partial charge in [0.05, 0.1) is 6.61 Å². The number of ether oxygens (including phenoxy) is 1. The molecule has 0 aromatic rings. The van der Waals surface area contributed by atoms with E-state index in [2.05, 4.69) is 29.0 Å². The Kier molecular flexibility index (Phi) is 4.21. The van der Waals surface area contributed by atoms with Gasteiger partial charge in [-0.1, -0.05) is 24.1 Å². The number of hydrogen-bond donors (Lipinski definition) is 0. The molecule has 1 aliphatic heterocycles. The summed E-state index contributed by atoms with van der Waals surface area (Å²) in [4.78, 5) is 2.50. The first-order valence-electron chi connectivity index (χ1n) is 6.03. The second-order valence-corrected chi connectivity index (χ2v) is 4.43. The van der Waals surface area contributed by atoms with E-state index in [-0.39, 0.29) is 0 Å². The van der Waals surface area contributed by atoms with Crippen molar-refractivity contribution in [3.05, 3.63) is 23.8 Å². The molecule has 2 aliphatic rings. The van der Waals surface area contributed by atoms with Crippen molar-refractivity contribution < 1.29 is 4.74 Å². The highest BCUT2D eigenvalue weighted by molar-refractivity contribution is 5.38. The third kappa shape index (κ3) is 3.23. The Bertz CT molecular complexity index is 316. The van der Waals surface area contributed by atoms with E-state index in [9.17, 15) is 0 Å². The molecule has 0 aromatic heterocycles. The minimum absolute atomic E-state index is 0.621. The third-order valence-electron chi connectivity index (χ3n) is 3.16. The second kappa shape index (κ2) is 5.89. The Balaban J connectivity index is 1.80. The molecule has 2 heteroatoms. The molecular formula is C14H19NO. The number of allylic oxidation sites excluding steroid dienone is 3. The fraction of sp³-hybridized carbons (Fsp3) is 0.571. The molecule has 16 heavy (non-hydrogen) atoms. The SMILES string of the molecule is C#CC1=CCC(CN2CCCOCC2)C=C1. The van der Waals surface area contributed by atoms with E-state index in [1.807, 2.05) is 0 Å². The van der Waals surface area contributed by atoms with Crippen LogP contribution in [-0.4, -0.2) is 37.7 Å². The second-order valence-electron chi connectivity index (χ2n) is 4.43. The average Bonchev–Trinajstić information content (AvgIpc) is 2.59. The van der Waals surface area contributed by atoms with Gasteiger partial charge in [-0.15, -0.1) is 6.42 Å². The van der Waals surface area contributed by atoms with Gasteiger partial charge in [0.25, 0.3) is 0 Å². The van der Waals surface area contributed by atoms with Crippen LogP contribution < -0.4 is 0 Å². The normalized spacial score (nSPS) is 26.9. The van der Waals surface area contributed by atoms with Crippen molar-refractivity contribution in [3.8, 4) is 12.3 Å². The lowest BCUT2D eigenvalue weighted by Gasteiger charge is -2.24. The van der Waals surface area contributed by atoms with E-state index >= 15 is 0 Å². The van der Waals surface area contributed by atoms with E-state index in [1.54, 1.807) is 0 Å². The zero-order valence-electron chi connectivity index (χ0n) is 9.69. The van der Waals surface area contributed by atoms with E-state index in [1.165, 1.54) is 0 Å². The Labute approximate surface area is 98.0 Å². The number of terminal acetylenes is 1. The highest BCUT2D eigenvalue weighted by Gasteiger charge is 2.14. The average molecular weight is 217 g/mol. The van der Waals surface area contributed by atoms with Crippen LogP contribution in [0.1, 0.15) is 12.8 Å². The minimum Gasteiger partial charge on any atom is -0.380 e. The van der Waals surface area contributed by atoms with E-state index in [4.69, 9.17) is 11.2 Å². The van der Waals surface area contributed by atoms with Crippen LogP contribution in [0.2, 0.25) is 0 Å². The molecule has 0 aromatic carbocycles. The monoisotopic (exact) mass is 217 g/mol. The largest absolute Gasteiger partial charge is 0.380 e. The van der Waals surface area contributed by atoms with Gasteiger partial charge in [-0.05, 0) is 18.8 Å². The topological polar surface area (TPSA) is 12.5 Å². The van der Waals surface area contributed by atoms with Crippen molar-refractivity contribution in [2.24, 2.45) is 5.92 Å². The molecule has 0 spiro atoms. The molecule has 0 bridgehead atoms. The van der Waals surface area contributed by atoms with Crippen molar-refractivity contribution >= 4 is 0 Å². The molecule has 1 unspecified atom stereocenters. The van der Waals surface area contributed by atoms with E-state index in [0.717, 1.165) is 51.3 Å². The molecule has 0 N–H and O–H groups in total. The van der Waals surface area contributed by atoms with Crippen molar-refractivity contribution in [3.63, 3.8) is 0 Å². The van der Waals surface area contributed by atoms with Crippen molar-refractivity contribution in [1.82, 2.24) is 4.90 Å². The van der Waals surface area contributed by atoms with Crippen LogP contribution >= 0.6 is 0 Å². The van der Waals surface area contributed by atoms with Gasteiger partial charge in [0.15, 0.2) is 0 Å². The van der Waals surface area contributed by atoms with E-state index < -0.39 is 0 Å². The van der Waals surface area contributed by atoms with Crippen LogP contribution in [0.25, 0.3) is 0 Å². The molecule has 0 saturated carbocycles. The maximum Gasteiger partial charge on any atom is 0.0593 e. The minimum atomic E-state index is 0.621. The van der Waals surface area contributed by atoms with Gasteiger partial charge < -0.3 is 9.64 Å². The third-order valence-corrected chi connectivity index (χ3v) is 3.16. The molecule has 0 radical (unpaired) electrons. The quantitative estimate of drug-likeness (QED) is 0.654. The summed E-state index contributed by atoms with van der Waals surface area (Å²) in [5, 5.41) is 0. The molecule has 1 saturated heterocycles. The first-order chi connectivity index (χ1) is 7.88. The first-order valence-corrected chi connectivity index (χ1v) is 6.03. The predicted molar refractivity (Wildman–Crippen MR) is 66.0 cm³/mol. The number of rotatable bonds is 2. The van der Waals surface area contributed by atoms with Crippen molar-refractivity contribution in [1.29, 1.82) is 0 Å². The predicted octanol–water partition coefficient (Wildman–Crippen LogP) is 1.84. The number of nitrogens with zero attached hydrogens (tertiary/aromatic N) is 1. The highest BCUT2D eigenvalue weighted by atomic mass is 16.5. The molecule has 1 heterocycles. The van der Waals surface area contributed by atoms with Gasteiger partial charge in [0, 0.05) is 31.8 Å². The van der Waals surface area contributed by atoms with Gasteiger partial charge in [0.1, 0.15) is 0 Å². The summed E-state index contributed by atoms with van der Waals surface area (Å²) in [5.41, 5.74) is 1.02. The fourth-order valence-electron chi connectivity index (χ4n) is 2.22. The summed E-state index contributed by atoms with van der Waals surface area (Å²) in [5.74, 6) is 3.30. The zero-order valence-corrected chi connectivity index (χ0v) is 9.69. The van der Waals surface area contributed by atoms with Crippen LogP contribution in [0.3, 0.4) is 0 Å². The molecule has 0 amide bonds. The lowest BCUT2D eigenvalue weighted by Crippen LogP contribution is -2.31. The molecule has 1 aliphatic carbocycles. The fourth-order valence-corrected chi connectivity index (χ4v) is 2.22. The maximum atomic E-state index is 5.45. The standard InChI is InChI=1S/C14H19NO/c1-2-13-4-6-14(7-5-13)12-15-8-3-10-16-11-9-15/h1,4-6,14H,3,7-12H2. The lowest BCUT2D eigenvalue weighted by atomic mass is 9.96. The van der Waals surface area contributed by atoms with Crippen LogP contribution in [0.15, 0.2) is 23.8 Å². The van der Waals surface area contributed by atoms with Gasteiger partial charge >= 0.3 is 0 Å². The molecule has 2 nitrogen and oxygen atoms in total. The lowest BCUT2D eigenvalue weighted by molar-refractivity contribution is 0.139. The van der Waals surface area contributed by atoms with Crippen LogP contribution in [0.5, 0.6) is 0 Å².